The second-order valence-electron chi connectivity index (χ2n) is 4.39. The Kier molecular flexibility index (Phi) is 4.34. The van der Waals surface area contributed by atoms with E-state index in [1.54, 1.807) is 12.1 Å². The van der Waals surface area contributed by atoms with Crippen LogP contribution in [-0.4, -0.2) is 18.6 Å². The zero-order valence-corrected chi connectivity index (χ0v) is 11.2. The third-order valence-corrected chi connectivity index (χ3v) is 2.87. The molecule has 4 heteroatoms. The minimum atomic E-state index is -0.206. The number of aromatic nitrogens is 1. The van der Waals surface area contributed by atoms with Gasteiger partial charge < -0.3 is 10.2 Å². The first kappa shape index (κ1) is 13.3. The number of para-hydroxylation sites is 1. The molecular weight excluding hydrogens is 241 g/mol. The van der Waals surface area contributed by atoms with Crippen LogP contribution in [0.2, 0.25) is 0 Å². The van der Waals surface area contributed by atoms with Gasteiger partial charge in [0.15, 0.2) is 0 Å². The molecule has 0 bridgehead atoms. The molecule has 0 fully saturated rings. The number of anilines is 2. The van der Waals surface area contributed by atoms with E-state index < -0.39 is 0 Å². The predicted molar refractivity (Wildman–Crippen MR) is 76.9 cm³/mol. The van der Waals surface area contributed by atoms with Crippen LogP contribution in [0.1, 0.15) is 12.5 Å². The molecule has 19 heavy (non-hydrogen) atoms. The normalized spacial score (nSPS) is 10.3. The maximum absolute atomic E-state index is 13.6. The smallest absolute Gasteiger partial charge is 0.146 e. The SMILES string of the molecule is CCNc1ccc(CN(C)c2ccccc2F)cn1. The van der Waals surface area contributed by atoms with Gasteiger partial charge in [0.2, 0.25) is 0 Å². The molecule has 1 heterocycles. The highest BCUT2D eigenvalue weighted by molar-refractivity contribution is 5.47. The van der Waals surface area contributed by atoms with E-state index in [1.165, 1.54) is 6.07 Å². The number of nitrogens with zero attached hydrogens (tertiary/aromatic N) is 2. The minimum Gasteiger partial charge on any atom is -0.370 e. The van der Waals surface area contributed by atoms with Crippen molar-refractivity contribution in [2.45, 2.75) is 13.5 Å². The average molecular weight is 259 g/mol. The zero-order chi connectivity index (χ0) is 13.7. The summed E-state index contributed by atoms with van der Waals surface area (Å²) in [6.45, 7) is 3.50. The number of benzene rings is 1. The topological polar surface area (TPSA) is 28.2 Å². The molecule has 0 atom stereocenters. The number of hydrogen-bond donors (Lipinski definition) is 1. The molecule has 1 N–H and O–H groups in total. The highest BCUT2D eigenvalue weighted by Gasteiger charge is 2.07. The van der Waals surface area contributed by atoms with Crippen molar-refractivity contribution in [3.05, 3.63) is 54.0 Å². The van der Waals surface area contributed by atoms with Crippen molar-refractivity contribution >= 4 is 11.5 Å². The Hall–Kier alpha value is -2.10. The number of halogens is 1. The van der Waals surface area contributed by atoms with Crippen molar-refractivity contribution in [2.75, 3.05) is 23.8 Å². The van der Waals surface area contributed by atoms with Gasteiger partial charge in [-0.25, -0.2) is 9.37 Å². The zero-order valence-electron chi connectivity index (χ0n) is 11.2. The molecule has 1 aromatic carbocycles. The van der Waals surface area contributed by atoms with Crippen molar-refractivity contribution in [3.8, 4) is 0 Å². The molecule has 0 aliphatic rings. The quantitative estimate of drug-likeness (QED) is 0.893. The van der Waals surface area contributed by atoms with Gasteiger partial charge in [0, 0.05) is 26.3 Å². The van der Waals surface area contributed by atoms with E-state index in [-0.39, 0.29) is 5.82 Å². The van der Waals surface area contributed by atoms with E-state index in [2.05, 4.69) is 10.3 Å². The molecule has 2 rings (SSSR count). The van der Waals surface area contributed by atoms with Crippen molar-refractivity contribution < 1.29 is 4.39 Å². The molecule has 100 valence electrons. The van der Waals surface area contributed by atoms with Crippen LogP contribution in [-0.2, 0) is 6.54 Å². The lowest BCUT2D eigenvalue weighted by Gasteiger charge is -2.19. The van der Waals surface area contributed by atoms with Gasteiger partial charge in [-0.1, -0.05) is 18.2 Å². The Labute approximate surface area is 113 Å². The molecule has 0 aliphatic carbocycles. The summed E-state index contributed by atoms with van der Waals surface area (Å²) >= 11 is 0. The van der Waals surface area contributed by atoms with Gasteiger partial charge in [0.1, 0.15) is 11.6 Å². The molecule has 0 unspecified atom stereocenters. The molecule has 0 amide bonds. The molecule has 0 saturated carbocycles. The minimum absolute atomic E-state index is 0.206. The van der Waals surface area contributed by atoms with E-state index in [1.807, 2.05) is 43.3 Å². The van der Waals surface area contributed by atoms with Crippen LogP contribution in [0.15, 0.2) is 42.6 Å². The largest absolute Gasteiger partial charge is 0.370 e. The Morgan fingerprint density at radius 3 is 2.63 bits per heavy atom. The highest BCUT2D eigenvalue weighted by atomic mass is 19.1. The van der Waals surface area contributed by atoms with E-state index in [9.17, 15) is 4.39 Å². The molecule has 0 saturated heterocycles. The third-order valence-electron chi connectivity index (χ3n) is 2.87. The lowest BCUT2D eigenvalue weighted by Crippen LogP contribution is -2.17. The Bertz CT molecular complexity index is 525. The second-order valence-corrected chi connectivity index (χ2v) is 4.39. The van der Waals surface area contributed by atoms with Crippen LogP contribution >= 0.6 is 0 Å². The Morgan fingerprint density at radius 1 is 1.21 bits per heavy atom. The lowest BCUT2D eigenvalue weighted by molar-refractivity contribution is 0.622. The molecular formula is C15H18FN3. The van der Waals surface area contributed by atoms with E-state index in [0.29, 0.717) is 12.2 Å². The van der Waals surface area contributed by atoms with Gasteiger partial charge in [-0.3, -0.25) is 0 Å². The Balaban J connectivity index is 2.06. The van der Waals surface area contributed by atoms with Crippen LogP contribution < -0.4 is 10.2 Å². The van der Waals surface area contributed by atoms with E-state index in [4.69, 9.17) is 0 Å². The molecule has 2 aromatic rings. The van der Waals surface area contributed by atoms with Crippen LogP contribution in [0.3, 0.4) is 0 Å². The first-order chi connectivity index (χ1) is 9.20. The first-order valence-electron chi connectivity index (χ1n) is 6.35. The summed E-state index contributed by atoms with van der Waals surface area (Å²) in [5, 5.41) is 3.14. The van der Waals surface area contributed by atoms with E-state index >= 15 is 0 Å². The van der Waals surface area contributed by atoms with Gasteiger partial charge in [-0.05, 0) is 30.7 Å². The van der Waals surface area contributed by atoms with Crippen molar-refractivity contribution in [2.24, 2.45) is 0 Å². The molecule has 0 aliphatic heterocycles. The van der Waals surface area contributed by atoms with Gasteiger partial charge >= 0.3 is 0 Å². The summed E-state index contributed by atoms with van der Waals surface area (Å²) in [6.07, 6.45) is 1.81. The fourth-order valence-corrected chi connectivity index (χ4v) is 1.92. The standard InChI is InChI=1S/C15H18FN3/c1-3-17-15-9-8-12(10-18-15)11-19(2)14-7-5-4-6-13(14)16/h4-10H,3,11H2,1-2H3,(H,17,18). The summed E-state index contributed by atoms with van der Waals surface area (Å²) in [5.74, 6) is 0.655. The lowest BCUT2D eigenvalue weighted by atomic mass is 10.2. The summed E-state index contributed by atoms with van der Waals surface area (Å²) in [6, 6.07) is 10.7. The molecule has 3 nitrogen and oxygen atoms in total. The van der Waals surface area contributed by atoms with Crippen LogP contribution in [0, 0.1) is 5.82 Å². The van der Waals surface area contributed by atoms with Crippen LogP contribution in [0.25, 0.3) is 0 Å². The van der Waals surface area contributed by atoms with Crippen molar-refractivity contribution in [3.63, 3.8) is 0 Å². The maximum atomic E-state index is 13.6. The Morgan fingerprint density at radius 2 is 2.00 bits per heavy atom. The number of rotatable bonds is 5. The fourth-order valence-electron chi connectivity index (χ4n) is 1.92. The predicted octanol–water partition coefficient (Wildman–Crippen LogP) is 3.29. The second kappa shape index (κ2) is 6.18. The summed E-state index contributed by atoms with van der Waals surface area (Å²) < 4.78 is 13.6. The van der Waals surface area contributed by atoms with Crippen LogP contribution in [0.4, 0.5) is 15.9 Å². The van der Waals surface area contributed by atoms with Crippen LogP contribution in [0.5, 0.6) is 0 Å². The summed E-state index contributed by atoms with van der Waals surface area (Å²) in [5.41, 5.74) is 1.64. The molecule has 0 radical (unpaired) electrons. The molecule has 0 spiro atoms. The monoisotopic (exact) mass is 259 g/mol. The maximum Gasteiger partial charge on any atom is 0.146 e. The molecule has 1 aromatic heterocycles. The fraction of sp³-hybridized carbons (Fsp3) is 0.267. The number of hydrogen-bond acceptors (Lipinski definition) is 3. The third kappa shape index (κ3) is 3.44. The summed E-state index contributed by atoms with van der Waals surface area (Å²) in [4.78, 5) is 6.18. The average Bonchev–Trinajstić information content (AvgIpc) is 2.42. The number of pyridine rings is 1. The van der Waals surface area contributed by atoms with Crippen molar-refractivity contribution in [1.82, 2.24) is 4.98 Å². The highest BCUT2D eigenvalue weighted by Crippen LogP contribution is 2.19. The first-order valence-corrected chi connectivity index (χ1v) is 6.35. The van der Waals surface area contributed by atoms with E-state index in [0.717, 1.165) is 17.9 Å². The van der Waals surface area contributed by atoms with Gasteiger partial charge in [0.05, 0.1) is 5.69 Å². The van der Waals surface area contributed by atoms with Gasteiger partial charge in [0.25, 0.3) is 0 Å². The van der Waals surface area contributed by atoms with Gasteiger partial charge in [-0.15, -0.1) is 0 Å². The summed E-state index contributed by atoms with van der Waals surface area (Å²) in [7, 11) is 1.87. The number of nitrogens with one attached hydrogen (secondary N) is 1. The van der Waals surface area contributed by atoms with Gasteiger partial charge in [-0.2, -0.15) is 0 Å². The van der Waals surface area contributed by atoms with Crippen molar-refractivity contribution in [1.29, 1.82) is 0 Å².